The largest absolute Gasteiger partial charge is 0.498 e. The van der Waals surface area contributed by atoms with Crippen LogP contribution in [0.4, 0.5) is 0 Å². The fourth-order valence-corrected chi connectivity index (χ4v) is 5.15. The average Bonchev–Trinajstić information content (AvgIpc) is 2.31. The normalized spacial score (nSPS) is 23.1. The van der Waals surface area contributed by atoms with Crippen LogP contribution >= 0.6 is 0 Å². The van der Waals surface area contributed by atoms with E-state index >= 15 is 0 Å². The van der Waals surface area contributed by atoms with Crippen molar-refractivity contribution >= 4 is 14.5 Å². The Labute approximate surface area is 105 Å². The Morgan fingerprint density at radius 3 is 2.50 bits per heavy atom. The second kappa shape index (κ2) is 8.53. The predicted molar refractivity (Wildman–Crippen MR) is 70.0 cm³/mol. The van der Waals surface area contributed by atoms with E-state index in [0.29, 0.717) is 12.0 Å². The molecule has 1 aliphatic rings. The number of hydrogen-bond donors (Lipinski definition) is 0. The average molecular weight is 242 g/mol. The van der Waals surface area contributed by atoms with Crippen LogP contribution in [0.2, 0.25) is 10.6 Å². The summed E-state index contributed by atoms with van der Waals surface area (Å²) in [7, 11) is 0. The molecule has 2 unspecified atom stereocenters. The van der Waals surface area contributed by atoms with Crippen LogP contribution < -0.4 is 0 Å². The highest BCUT2D eigenvalue weighted by molar-refractivity contribution is 6.51. The van der Waals surface area contributed by atoms with Gasteiger partial charge < -0.3 is 8.53 Å². The highest BCUT2D eigenvalue weighted by atomic mass is 27.2. The van der Waals surface area contributed by atoms with Gasteiger partial charge >= 0.3 is 14.5 Å². The molecule has 0 spiro atoms. The van der Waals surface area contributed by atoms with Crippen molar-refractivity contribution in [3.05, 3.63) is 0 Å². The summed E-state index contributed by atoms with van der Waals surface area (Å²) in [5, 5.41) is 2.68. The smallest absolute Gasteiger partial charge is 0.460 e. The first kappa shape index (κ1) is 14.5. The monoisotopic (exact) mass is 242 g/mol. The van der Waals surface area contributed by atoms with Gasteiger partial charge in [-0.3, -0.25) is 0 Å². The molecule has 0 aromatic heterocycles. The van der Waals surface area contributed by atoms with Gasteiger partial charge in [-0.15, -0.1) is 0 Å². The van der Waals surface area contributed by atoms with E-state index in [-0.39, 0.29) is 0 Å². The van der Waals surface area contributed by atoms with Crippen LogP contribution in [0.25, 0.3) is 0 Å². The van der Waals surface area contributed by atoms with Crippen molar-refractivity contribution in [2.24, 2.45) is 5.92 Å². The maximum atomic E-state index is 6.33. The lowest BCUT2D eigenvalue weighted by Crippen LogP contribution is -2.33. The second-order valence-corrected chi connectivity index (χ2v) is 7.69. The fourth-order valence-electron chi connectivity index (χ4n) is 2.47. The van der Waals surface area contributed by atoms with E-state index in [1.54, 1.807) is 0 Å². The highest BCUT2D eigenvalue weighted by Gasteiger charge is 2.26. The van der Waals surface area contributed by atoms with Crippen molar-refractivity contribution in [2.45, 2.75) is 63.1 Å². The van der Waals surface area contributed by atoms with Gasteiger partial charge in [0.05, 0.1) is 6.61 Å². The lowest BCUT2D eigenvalue weighted by Gasteiger charge is -2.30. The predicted octanol–water partition coefficient (Wildman–Crippen LogP) is 3.63. The molecule has 1 fully saturated rings. The Hall–Kier alpha value is 0.452. The third kappa shape index (κ3) is 5.19. The van der Waals surface area contributed by atoms with Crippen LogP contribution in [0.3, 0.4) is 0 Å². The molecular formula is C13H27AlO2. The van der Waals surface area contributed by atoms with Crippen molar-refractivity contribution in [3.63, 3.8) is 0 Å². The first-order chi connectivity index (χ1) is 7.77. The number of hydrogen-bond acceptors (Lipinski definition) is 2. The maximum absolute atomic E-state index is 6.33. The molecule has 0 radical (unpaired) electrons. The molecule has 0 aromatic rings. The van der Waals surface area contributed by atoms with E-state index in [0.717, 1.165) is 13.2 Å². The first-order valence-corrected chi connectivity index (χ1v) is 9.11. The van der Waals surface area contributed by atoms with Crippen LogP contribution in [0.5, 0.6) is 0 Å². The van der Waals surface area contributed by atoms with E-state index in [1.807, 2.05) is 0 Å². The molecule has 0 saturated carbocycles. The Bertz CT molecular complexity index is 163. The molecule has 3 heteroatoms. The van der Waals surface area contributed by atoms with Crippen LogP contribution in [0.15, 0.2) is 0 Å². The van der Waals surface area contributed by atoms with Gasteiger partial charge in [0.25, 0.3) is 0 Å². The molecule has 1 aliphatic heterocycles. The van der Waals surface area contributed by atoms with Gasteiger partial charge in [-0.25, -0.2) is 0 Å². The summed E-state index contributed by atoms with van der Waals surface area (Å²) in [4.78, 5) is 0. The second-order valence-electron chi connectivity index (χ2n) is 5.02. The number of rotatable bonds is 7. The van der Waals surface area contributed by atoms with E-state index in [1.165, 1.54) is 36.2 Å². The number of ether oxygens (including phenoxy) is 1. The minimum Gasteiger partial charge on any atom is -0.498 e. The van der Waals surface area contributed by atoms with E-state index in [9.17, 15) is 0 Å². The molecule has 2 atom stereocenters. The SMILES string of the molecule is CC[CH2][Al]([CH2]CC)[O]C(C)C1CCCOC1. The first-order valence-electron chi connectivity index (χ1n) is 7.01. The topological polar surface area (TPSA) is 18.5 Å². The summed E-state index contributed by atoms with van der Waals surface area (Å²) in [6, 6.07) is 0. The van der Waals surface area contributed by atoms with Crippen LogP contribution in [-0.2, 0) is 8.53 Å². The molecule has 0 N–H and O–H groups in total. The van der Waals surface area contributed by atoms with Crippen LogP contribution in [-0.4, -0.2) is 33.8 Å². The molecule has 1 heterocycles. The van der Waals surface area contributed by atoms with Gasteiger partial charge in [0.2, 0.25) is 0 Å². The zero-order valence-electron chi connectivity index (χ0n) is 11.2. The molecule has 0 amide bonds. The lowest BCUT2D eigenvalue weighted by molar-refractivity contribution is 0.00574. The standard InChI is InChI=1S/C7H13O2.2C3H7.Al/c1-6(8)7-3-2-4-9-5-7;2*1-3-2;/h6-7H,2-5H2,1H3;2*1,3H2,2H3;/q-1;;;+1. The summed E-state index contributed by atoms with van der Waals surface area (Å²) in [6.07, 6.45) is 5.50. The minimum atomic E-state index is -0.918. The lowest BCUT2D eigenvalue weighted by atomic mass is 9.97. The van der Waals surface area contributed by atoms with Gasteiger partial charge in [-0.1, -0.05) is 37.3 Å². The molecule has 2 nitrogen and oxygen atoms in total. The van der Waals surface area contributed by atoms with Crippen molar-refractivity contribution in [2.75, 3.05) is 13.2 Å². The van der Waals surface area contributed by atoms with Crippen molar-refractivity contribution in [3.8, 4) is 0 Å². The zero-order valence-corrected chi connectivity index (χ0v) is 12.4. The Morgan fingerprint density at radius 2 is 2.00 bits per heavy atom. The fraction of sp³-hybridized carbons (Fsp3) is 1.00. The quantitative estimate of drug-likeness (QED) is 0.635. The highest BCUT2D eigenvalue weighted by Crippen LogP contribution is 2.22. The molecule has 0 bridgehead atoms. The molecule has 16 heavy (non-hydrogen) atoms. The van der Waals surface area contributed by atoms with Crippen molar-refractivity contribution in [1.29, 1.82) is 0 Å². The minimum absolute atomic E-state index is 0.426. The van der Waals surface area contributed by atoms with E-state index < -0.39 is 14.5 Å². The Balaban J connectivity index is 2.30. The van der Waals surface area contributed by atoms with E-state index in [2.05, 4.69) is 20.8 Å². The molecule has 1 saturated heterocycles. The van der Waals surface area contributed by atoms with Crippen LogP contribution in [0.1, 0.15) is 46.5 Å². The summed E-state index contributed by atoms with van der Waals surface area (Å²) < 4.78 is 11.9. The van der Waals surface area contributed by atoms with E-state index in [4.69, 9.17) is 8.53 Å². The van der Waals surface area contributed by atoms with Gasteiger partial charge in [0, 0.05) is 18.6 Å². The summed E-state index contributed by atoms with van der Waals surface area (Å²) in [6.45, 7) is 8.67. The summed E-state index contributed by atoms with van der Waals surface area (Å²) >= 11 is -0.918. The van der Waals surface area contributed by atoms with Crippen molar-refractivity contribution in [1.82, 2.24) is 0 Å². The molecule has 1 rings (SSSR count). The third-order valence-electron chi connectivity index (χ3n) is 3.49. The Kier molecular flexibility index (Phi) is 7.74. The van der Waals surface area contributed by atoms with Crippen molar-refractivity contribution < 1.29 is 8.53 Å². The van der Waals surface area contributed by atoms with Gasteiger partial charge in [0.1, 0.15) is 0 Å². The molecule has 0 aromatic carbocycles. The molecular weight excluding hydrogens is 215 g/mol. The van der Waals surface area contributed by atoms with Gasteiger partial charge in [0.15, 0.2) is 0 Å². The maximum Gasteiger partial charge on any atom is 0.460 e. The zero-order chi connectivity index (χ0) is 11.8. The Morgan fingerprint density at radius 1 is 1.31 bits per heavy atom. The molecule has 94 valence electrons. The van der Waals surface area contributed by atoms with Crippen LogP contribution in [0, 0.1) is 5.92 Å². The summed E-state index contributed by atoms with van der Waals surface area (Å²) in [5.41, 5.74) is 0. The molecule has 0 aliphatic carbocycles. The van der Waals surface area contributed by atoms with Gasteiger partial charge in [-0.2, -0.15) is 0 Å². The van der Waals surface area contributed by atoms with Gasteiger partial charge in [-0.05, 0) is 19.8 Å². The summed E-state index contributed by atoms with van der Waals surface area (Å²) in [5.74, 6) is 0.650. The third-order valence-corrected chi connectivity index (χ3v) is 6.74.